The van der Waals surface area contributed by atoms with Crippen molar-refractivity contribution in [3.8, 4) is 5.69 Å². The predicted molar refractivity (Wildman–Crippen MR) is 113 cm³/mol. The van der Waals surface area contributed by atoms with Crippen molar-refractivity contribution in [2.45, 2.75) is 39.5 Å². The third-order valence-electron chi connectivity index (χ3n) is 4.89. The van der Waals surface area contributed by atoms with Crippen molar-refractivity contribution in [2.24, 2.45) is 7.05 Å². The van der Waals surface area contributed by atoms with Gasteiger partial charge in [0.05, 0.1) is 24.7 Å². The predicted octanol–water partition coefficient (Wildman–Crippen LogP) is 3.85. The molecule has 2 aromatic heterocycles. The molecule has 2 heterocycles. The van der Waals surface area contributed by atoms with E-state index < -0.39 is 23.4 Å². The number of amides is 1. The van der Waals surface area contributed by atoms with E-state index in [1.165, 1.54) is 31.2 Å². The molecule has 0 aliphatic heterocycles. The molecule has 3 rings (SSSR count). The average Bonchev–Trinajstić information content (AvgIpc) is 3.38. The average molecular weight is 463 g/mol. The van der Waals surface area contributed by atoms with Crippen LogP contribution in [0.4, 0.5) is 13.2 Å². The maximum atomic E-state index is 13.7. The molecule has 1 aromatic carbocycles. The van der Waals surface area contributed by atoms with Gasteiger partial charge in [0.2, 0.25) is 0 Å². The molecule has 0 bridgehead atoms. The Balaban J connectivity index is 1.91. The number of carbonyl (C=O) groups excluding carboxylic acids is 2. The molecule has 0 radical (unpaired) electrons. The van der Waals surface area contributed by atoms with E-state index in [0.29, 0.717) is 16.8 Å². The zero-order valence-corrected chi connectivity index (χ0v) is 18.6. The van der Waals surface area contributed by atoms with Crippen molar-refractivity contribution in [3.05, 3.63) is 65.2 Å². The maximum absolute atomic E-state index is 13.7. The van der Waals surface area contributed by atoms with Gasteiger partial charge in [0.25, 0.3) is 5.91 Å². The van der Waals surface area contributed by atoms with Gasteiger partial charge in [-0.1, -0.05) is 0 Å². The number of nitrogens with zero attached hydrogens (tertiary/aromatic N) is 5. The first-order valence-corrected chi connectivity index (χ1v) is 10.2. The van der Waals surface area contributed by atoms with Gasteiger partial charge in [0.1, 0.15) is 5.56 Å². The fourth-order valence-corrected chi connectivity index (χ4v) is 3.33. The molecule has 0 unspecified atom stereocenters. The van der Waals surface area contributed by atoms with Gasteiger partial charge in [0, 0.05) is 37.0 Å². The van der Waals surface area contributed by atoms with Crippen molar-refractivity contribution in [3.63, 3.8) is 0 Å². The number of benzene rings is 1. The number of esters is 1. The van der Waals surface area contributed by atoms with Crippen molar-refractivity contribution in [1.82, 2.24) is 24.5 Å². The summed E-state index contributed by atoms with van der Waals surface area (Å²) in [6, 6.07) is 5.46. The smallest absolute Gasteiger partial charge is 0.434 e. The van der Waals surface area contributed by atoms with Gasteiger partial charge in [-0.2, -0.15) is 23.4 Å². The Bertz CT molecular complexity index is 1130. The Morgan fingerprint density at radius 2 is 1.79 bits per heavy atom. The quantitative estimate of drug-likeness (QED) is 0.497. The number of ether oxygens (including phenoxy) is 1. The molecule has 0 atom stereocenters. The zero-order chi connectivity index (χ0) is 24.3. The van der Waals surface area contributed by atoms with Crippen molar-refractivity contribution < 1.29 is 27.5 Å². The van der Waals surface area contributed by atoms with Gasteiger partial charge in [-0.25, -0.2) is 9.48 Å². The highest BCUT2D eigenvalue weighted by Gasteiger charge is 2.41. The van der Waals surface area contributed by atoms with Crippen LogP contribution in [0.15, 0.2) is 42.9 Å². The zero-order valence-electron chi connectivity index (χ0n) is 18.6. The van der Waals surface area contributed by atoms with Crippen LogP contribution in [-0.4, -0.2) is 49.0 Å². The summed E-state index contributed by atoms with van der Waals surface area (Å²) in [6.07, 6.45) is -0.536. The largest absolute Gasteiger partial charge is 0.462 e. The van der Waals surface area contributed by atoms with Crippen LogP contribution in [0.3, 0.4) is 0 Å². The summed E-state index contributed by atoms with van der Waals surface area (Å²) < 4.78 is 48.1. The van der Waals surface area contributed by atoms with Crippen LogP contribution in [0.25, 0.3) is 5.69 Å². The summed E-state index contributed by atoms with van der Waals surface area (Å²) in [4.78, 5) is 26.7. The first kappa shape index (κ1) is 24.0. The molecule has 0 spiro atoms. The summed E-state index contributed by atoms with van der Waals surface area (Å²) in [5, 5.41) is 7.85. The van der Waals surface area contributed by atoms with Gasteiger partial charge < -0.3 is 9.64 Å². The normalized spacial score (nSPS) is 11.6. The van der Waals surface area contributed by atoms with Crippen LogP contribution < -0.4 is 0 Å². The Morgan fingerprint density at radius 3 is 2.30 bits per heavy atom. The van der Waals surface area contributed by atoms with Crippen LogP contribution in [0.2, 0.25) is 0 Å². The lowest BCUT2D eigenvalue weighted by molar-refractivity contribution is -0.143. The van der Waals surface area contributed by atoms with Crippen molar-refractivity contribution in [1.29, 1.82) is 0 Å². The molecule has 0 saturated carbocycles. The number of aryl methyl sites for hydroxylation is 1. The van der Waals surface area contributed by atoms with Crippen LogP contribution in [0.1, 0.15) is 52.7 Å². The van der Waals surface area contributed by atoms with Crippen LogP contribution in [0, 0.1) is 0 Å². The Morgan fingerprint density at radius 1 is 1.12 bits per heavy atom. The Hall–Kier alpha value is -3.63. The first-order valence-electron chi connectivity index (χ1n) is 10.2. The number of hydrogen-bond acceptors (Lipinski definition) is 5. The van der Waals surface area contributed by atoms with Crippen LogP contribution >= 0.6 is 0 Å². The lowest BCUT2D eigenvalue weighted by atomic mass is 10.1. The summed E-state index contributed by atoms with van der Waals surface area (Å²) in [6.45, 7) is 5.52. The molecule has 0 N–H and O–H groups in total. The highest BCUT2D eigenvalue weighted by atomic mass is 19.4. The first-order chi connectivity index (χ1) is 15.5. The number of hydrogen-bond donors (Lipinski definition) is 0. The van der Waals surface area contributed by atoms with E-state index in [4.69, 9.17) is 4.74 Å². The fourth-order valence-electron chi connectivity index (χ4n) is 3.33. The minimum Gasteiger partial charge on any atom is -0.462 e. The minimum atomic E-state index is -4.84. The highest BCUT2D eigenvalue weighted by Crippen LogP contribution is 2.34. The second-order valence-electron chi connectivity index (χ2n) is 7.63. The molecule has 0 aliphatic rings. The highest BCUT2D eigenvalue weighted by molar-refractivity contribution is 5.94. The van der Waals surface area contributed by atoms with Gasteiger partial charge in [-0.15, -0.1) is 0 Å². The fraction of sp³-hybridized carbons (Fsp3) is 0.364. The molecule has 33 heavy (non-hydrogen) atoms. The molecule has 8 nitrogen and oxygen atoms in total. The van der Waals surface area contributed by atoms with Crippen molar-refractivity contribution >= 4 is 11.9 Å². The standard InChI is InChI=1S/C22H24F3N5O3/c1-5-33-21(32)18-11-27-30(19(18)22(23,24)25)17-8-6-16(7-9-17)20(31)29(14(2)3)13-15-10-26-28(4)12-15/h6-12,14H,5,13H2,1-4H3. The van der Waals surface area contributed by atoms with Crippen molar-refractivity contribution in [2.75, 3.05) is 6.61 Å². The Labute approximate surface area is 188 Å². The lowest BCUT2D eigenvalue weighted by Crippen LogP contribution is -2.36. The monoisotopic (exact) mass is 463 g/mol. The molecule has 11 heteroatoms. The summed E-state index contributed by atoms with van der Waals surface area (Å²) >= 11 is 0. The van der Waals surface area contributed by atoms with E-state index in [0.717, 1.165) is 11.8 Å². The molecule has 3 aromatic rings. The Kier molecular flexibility index (Phi) is 6.89. The third-order valence-corrected chi connectivity index (χ3v) is 4.89. The van der Waals surface area contributed by atoms with E-state index in [1.54, 1.807) is 22.8 Å². The van der Waals surface area contributed by atoms with Crippen LogP contribution in [0.5, 0.6) is 0 Å². The van der Waals surface area contributed by atoms with Gasteiger partial charge in [-0.3, -0.25) is 9.48 Å². The SMILES string of the molecule is CCOC(=O)c1cnn(-c2ccc(C(=O)N(Cc3cnn(C)c3)C(C)C)cc2)c1C(F)(F)F. The number of rotatable bonds is 7. The molecule has 1 amide bonds. The molecular weight excluding hydrogens is 439 g/mol. The summed E-state index contributed by atoms with van der Waals surface area (Å²) in [7, 11) is 1.78. The number of aromatic nitrogens is 4. The van der Waals surface area contributed by atoms with Gasteiger partial charge in [-0.05, 0) is 45.0 Å². The minimum absolute atomic E-state index is 0.0535. The van der Waals surface area contributed by atoms with E-state index in [1.807, 2.05) is 20.0 Å². The second-order valence-corrected chi connectivity index (χ2v) is 7.63. The maximum Gasteiger partial charge on any atom is 0.434 e. The molecular formula is C22H24F3N5O3. The number of alkyl halides is 3. The molecule has 0 fully saturated rings. The number of carbonyl (C=O) groups is 2. The van der Waals surface area contributed by atoms with E-state index >= 15 is 0 Å². The lowest BCUT2D eigenvalue weighted by Gasteiger charge is -2.26. The second kappa shape index (κ2) is 9.47. The van der Waals surface area contributed by atoms with E-state index in [-0.39, 0.29) is 24.2 Å². The molecule has 176 valence electrons. The number of halogens is 3. The topological polar surface area (TPSA) is 82.2 Å². The van der Waals surface area contributed by atoms with Crippen LogP contribution in [-0.2, 0) is 24.5 Å². The molecule has 0 aliphatic carbocycles. The molecule has 0 saturated heterocycles. The summed E-state index contributed by atoms with van der Waals surface area (Å²) in [5.41, 5.74) is -0.693. The van der Waals surface area contributed by atoms with E-state index in [9.17, 15) is 22.8 Å². The summed E-state index contributed by atoms with van der Waals surface area (Å²) in [5.74, 6) is -1.38. The van der Waals surface area contributed by atoms with E-state index in [2.05, 4.69) is 10.2 Å². The third kappa shape index (κ3) is 5.24. The van der Waals surface area contributed by atoms with Gasteiger partial charge >= 0.3 is 12.1 Å². The van der Waals surface area contributed by atoms with Gasteiger partial charge in [0.15, 0.2) is 5.69 Å².